The van der Waals surface area contributed by atoms with Crippen LogP contribution in [0.3, 0.4) is 0 Å². The van der Waals surface area contributed by atoms with Crippen molar-refractivity contribution in [3.8, 4) is 0 Å². The fourth-order valence-electron chi connectivity index (χ4n) is 2.87. The normalized spacial score (nSPS) is 16.9. The average molecular weight is 289 g/mol. The van der Waals surface area contributed by atoms with Gasteiger partial charge in [-0.2, -0.15) is 0 Å². The summed E-state index contributed by atoms with van der Waals surface area (Å²) in [4.78, 5) is 16.6. The molecular weight excluding hydrogens is 262 g/mol. The van der Waals surface area contributed by atoms with Crippen molar-refractivity contribution in [2.75, 3.05) is 31.1 Å². The molecule has 21 heavy (non-hydrogen) atoms. The van der Waals surface area contributed by atoms with Crippen molar-refractivity contribution in [2.45, 2.75) is 39.2 Å². The van der Waals surface area contributed by atoms with Gasteiger partial charge in [-0.05, 0) is 25.0 Å². The van der Waals surface area contributed by atoms with Gasteiger partial charge in [-0.3, -0.25) is 4.79 Å². The molecule has 1 saturated heterocycles. The first-order valence-corrected chi connectivity index (χ1v) is 7.98. The van der Waals surface area contributed by atoms with Gasteiger partial charge in [0, 0.05) is 31.9 Å². The Balaban J connectivity index is 1.88. The number of aryl methyl sites for hydroxylation is 1. The van der Waals surface area contributed by atoms with Crippen molar-refractivity contribution in [3.05, 3.63) is 29.8 Å². The summed E-state index contributed by atoms with van der Waals surface area (Å²) in [5.74, 6) is 0.118. The van der Waals surface area contributed by atoms with E-state index < -0.39 is 0 Å². The van der Waals surface area contributed by atoms with Gasteiger partial charge in [0.05, 0.1) is 6.04 Å². The molecule has 1 aromatic rings. The lowest BCUT2D eigenvalue weighted by molar-refractivity contribution is -0.133. The molecule has 2 rings (SSSR count). The number of nitrogens with two attached hydrogens (primary N) is 1. The summed E-state index contributed by atoms with van der Waals surface area (Å²) in [6.07, 6.45) is 2.91. The number of hydrogen-bond acceptors (Lipinski definition) is 3. The lowest BCUT2D eigenvalue weighted by Crippen LogP contribution is -2.53. The predicted octanol–water partition coefficient (Wildman–Crippen LogP) is 2.16. The lowest BCUT2D eigenvalue weighted by Gasteiger charge is -2.37. The zero-order chi connectivity index (χ0) is 15.2. The standard InChI is InChI=1S/C17H27N3O/c1-3-4-8-15(18)17(21)20-12-10-19(11-13-20)16-9-6-5-7-14(16)2/h5-7,9,15H,3-4,8,10-13,18H2,1-2H3. The third-order valence-electron chi connectivity index (χ3n) is 4.23. The maximum Gasteiger partial charge on any atom is 0.239 e. The van der Waals surface area contributed by atoms with Gasteiger partial charge in [-0.1, -0.05) is 38.0 Å². The number of nitrogens with zero attached hydrogens (tertiary/aromatic N) is 2. The van der Waals surface area contributed by atoms with Crippen LogP contribution in [0.1, 0.15) is 31.7 Å². The van der Waals surface area contributed by atoms with Gasteiger partial charge in [0.15, 0.2) is 0 Å². The minimum atomic E-state index is -0.324. The van der Waals surface area contributed by atoms with E-state index in [1.54, 1.807) is 0 Å². The van der Waals surface area contributed by atoms with Gasteiger partial charge < -0.3 is 15.5 Å². The molecule has 0 aromatic heterocycles. The molecule has 1 aliphatic heterocycles. The molecule has 4 heteroatoms. The number of amides is 1. The Kier molecular flexibility index (Phi) is 5.62. The van der Waals surface area contributed by atoms with Crippen molar-refractivity contribution >= 4 is 11.6 Å². The average Bonchev–Trinajstić information content (AvgIpc) is 2.52. The molecule has 1 heterocycles. The fraction of sp³-hybridized carbons (Fsp3) is 0.588. The van der Waals surface area contributed by atoms with Gasteiger partial charge in [-0.15, -0.1) is 0 Å². The highest BCUT2D eigenvalue weighted by atomic mass is 16.2. The van der Waals surface area contributed by atoms with Crippen LogP contribution in [0.15, 0.2) is 24.3 Å². The van der Waals surface area contributed by atoms with E-state index in [9.17, 15) is 4.79 Å². The first-order valence-electron chi connectivity index (χ1n) is 7.98. The monoisotopic (exact) mass is 289 g/mol. The highest BCUT2D eigenvalue weighted by molar-refractivity contribution is 5.81. The largest absolute Gasteiger partial charge is 0.368 e. The minimum Gasteiger partial charge on any atom is -0.368 e. The third-order valence-corrected chi connectivity index (χ3v) is 4.23. The summed E-state index contributed by atoms with van der Waals surface area (Å²) < 4.78 is 0. The highest BCUT2D eigenvalue weighted by Crippen LogP contribution is 2.21. The van der Waals surface area contributed by atoms with Gasteiger partial charge in [0.25, 0.3) is 0 Å². The van der Waals surface area contributed by atoms with Crippen LogP contribution in [0.2, 0.25) is 0 Å². The van der Waals surface area contributed by atoms with E-state index in [-0.39, 0.29) is 11.9 Å². The Morgan fingerprint density at radius 2 is 1.90 bits per heavy atom. The quantitative estimate of drug-likeness (QED) is 0.903. The number of carbonyl (C=O) groups is 1. The lowest BCUT2D eigenvalue weighted by atomic mass is 10.1. The van der Waals surface area contributed by atoms with E-state index in [0.29, 0.717) is 0 Å². The van der Waals surface area contributed by atoms with E-state index in [2.05, 4.69) is 43.0 Å². The van der Waals surface area contributed by atoms with Gasteiger partial charge >= 0.3 is 0 Å². The fourth-order valence-corrected chi connectivity index (χ4v) is 2.87. The zero-order valence-corrected chi connectivity index (χ0v) is 13.2. The van der Waals surface area contributed by atoms with E-state index in [1.165, 1.54) is 11.3 Å². The second kappa shape index (κ2) is 7.46. The molecule has 1 aromatic carbocycles. The molecule has 1 atom stereocenters. The number of carbonyl (C=O) groups excluding carboxylic acids is 1. The first kappa shape index (κ1) is 15.8. The molecular formula is C17H27N3O. The number of para-hydroxylation sites is 1. The number of unbranched alkanes of at least 4 members (excludes halogenated alkanes) is 1. The molecule has 0 radical (unpaired) electrons. The number of anilines is 1. The smallest absolute Gasteiger partial charge is 0.239 e. The van der Waals surface area contributed by atoms with Gasteiger partial charge in [-0.25, -0.2) is 0 Å². The minimum absolute atomic E-state index is 0.118. The van der Waals surface area contributed by atoms with Gasteiger partial charge in [0.1, 0.15) is 0 Å². The van der Waals surface area contributed by atoms with Crippen LogP contribution in [0, 0.1) is 6.92 Å². The summed E-state index contributed by atoms with van der Waals surface area (Å²) in [6, 6.07) is 8.09. The Bertz CT molecular complexity index is 467. The molecule has 0 aliphatic carbocycles. The van der Waals surface area contributed by atoms with Crippen LogP contribution in [0.4, 0.5) is 5.69 Å². The molecule has 1 aliphatic rings. The summed E-state index contributed by atoms with van der Waals surface area (Å²) in [5, 5.41) is 0. The van der Waals surface area contributed by atoms with Crippen molar-refractivity contribution < 1.29 is 4.79 Å². The van der Waals surface area contributed by atoms with Crippen LogP contribution in [0.5, 0.6) is 0 Å². The number of hydrogen-bond donors (Lipinski definition) is 1. The molecule has 116 valence electrons. The van der Waals surface area contributed by atoms with Crippen molar-refractivity contribution in [2.24, 2.45) is 5.73 Å². The molecule has 1 unspecified atom stereocenters. The van der Waals surface area contributed by atoms with E-state index in [0.717, 1.165) is 45.4 Å². The molecule has 1 fully saturated rings. The molecule has 0 saturated carbocycles. The molecule has 0 bridgehead atoms. The Hall–Kier alpha value is -1.55. The molecule has 1 amide bonds. The van der Waals surface area contributed by atoms with E-state index >= 15 is 0 Å². The Labute approximate surface area is 127 Å². The Morgan fingerprint density at radius 1 is 1.24 bits per heavy atom. The molecule has 2 N–H and O–H groups in total. The van der Waals surface area contributed by atoms with Crippen LogP contribution < -0.4 is 10.6 Å². The first-order chi connectivity index (χ1) is 10.1. The predicted molar refractivity (Wildman–Crippen MR) is 87.5 cm³/mol. The summed E-state index contributed by atoms with van der Waals surface area (Å²) in [5.41, 5.74) is 8.57. The van der Waals surface area contributed by atoms with Crippen molar-refractivity contribution in [1.82, 2.24) is 4.90 Å². The SMILES string of the molecule is CCCCC(N)C(=O)N1CCN(c2ccccc2C)CC1. The Morgan fingerprint density at radius 3 is 2.52 bits per heavy atom. The number of benzene rings is 1. The van der Waals surface area contributed by atoms with Crippen molar-refractivity contribution in [3.63, 3.8) is 0 Å². The molecule has 4 nitrogen and oxygen atoms in total. The summed E-state index contributed by atoms with van der Waals surface area (Å²) >= 11 is 0. The molecule has 0 spiro atoms. The number of rotatable bonds is 5. The van der Waals surface area contributed by atoms with E-state index in [1.807, 2.05) is 4.90 Å². The zero-order valence-electron chi connectivity index (χ0n) is 13.2. The second-order valence-corrected chi connectivity index (χ2v) is 5.85. The third kappa shape index (κ3) is 3.97. The van der Waals surface area contributed by atoms with Crippen LogP contribution in [-0.2, 0) is 4.79 Å². The van der Waals surface area contributed by atoms with Crippen LogP contribution >= 0.6 is 0 Å². The van der Waals surface area contributed by atoms with Crippen molar-refractivity contribution in [1.29, 1.82) is 0 Å². The van der Waals surface area contributed by atoms with Crippen LogP contribution in [0.25, 0.3) is 0 Å². The summed E-state index contributed by atoms with van der Waals surface area (Å²) in [7, 11) is 0. The maximum absolute atomic E-state index is 12.3. The second-order valence-electron chi connectivity index (χ2n) is 5.85. The number of piperazine rings is 1. The maximum atomic E-state index is 12.3. The highest BCUT2D eigenvalue weighted by Gasteiger charge is 2.25. The summed E-state index contributed by atoms with van der Waals surface area (Å²) in [6.45, 7) is 7.57. The van der Waals surface area contributed by atoms with E-state index in [4.69, 9.17) is 5.73 Å². The topological polar surface area (TPSA) is 49.6 Å². The van der Waals surface area contributed by atoms with Gasteiger partial charge in [0.2, 0.25) is 5.91 Å². The van der Waals surface area contributed by atoms with Crippen LogP contribution in [-0.4, -0.2) is 43.0 Å².